The van der Waals surface area contributed by atoms with Crippen LogP contribution in [0.15, 0.2) is 22.7 Å². The van der Waals surface area contributed by atoms with Gasteiger partial charge in [-0.05, 0) is 36.0 Å². The lowest BCUT2D eigenvalue weighted by molar-refractivity contribution is 0.299. The highest BCUT2D eigenvalue weighted by Gasteiger charge is 2.20. The van der Waals surface area contributed by atoms with Crippen LogP contribution < -0.4 is 11.3 Å². The van der Waals surface area contributed by atoms with Crippen LogP contribution in [-0.4, -0.2) is 6.04 Å². The van der Waals surface area contributed by atoms with Gasteiger partial charge in [-0.1, -0.05) is 42.8 Å². The molecule has 96 valence electrons. The van der Waals surface area contributed by atoms with Crippen LogP contribution in [0.1, 0.15) is 26.3 Å². The molecule has 0 aliphatic heterocycles. The second-order valence-electron chi connectivity index (χ2n) is 4.82. The first kappa shape index (κ1) is 14.6. The summed E-state index contributed by atoms with van der Waals surface area (Å²) in [4.78, 5) is 0. The molecule has 0 aromatic heterocycles. The van der Waals surface area contributed by atoms with Crippen LogP contribution in [0.2, 0.25) is 0 Å². The van der Waals surface area contributed by atoms with Crippen molar-refractivity contribution in [3.8, 4) is 0 Å². The van der Waals surface area contributed by atoms with Gasteiger partial charge in [0.15, 0.2) is 0 Å². The Morgan fingerprint density at radius 3 is 2.47 bits per heavy atom. The van der Waals surface area contributed by atoms with Crippen LogP contribution in [0.3, 0.4) is 0 Å². The average molecular weight is 303 g/mol. The first-order valence-electron chi connectivity index (χ1n) is 5.85. The predicted octanol–water partition coefficient (Wildman–Crippen LogP) is 3.25. The lowest BCUT2D eigenvalue weighted by Crippen LogP contribution is -2.43. The summed E-state index contributed by atoms with van der Waals surface area (Å²) >= 11 is 3.38. The maximum Gasteiger partial charge on any atom is 0.124 e. The number of hydrogen-bond acceptors (Lipinski definition) is 2. The van der Waals surface area contributed by atoms with Crippen LogP contribution in [0.4, 0.5) is 4.39 Å². The van der Waals surface area contributed by atoms with Crippen molar-refractivity contribution in [1.82, 2.24) is 5.43 Å². The Balaban J connectivity index is 2.80. The zero-order valence-electron chi connectivity index (χ0n) is 10.5. The number of hydrazine groups is 1. The largest absolute Gasteiger partial charge is 0.271 e. The summed E-state index contributed by atoms with van der Waals surface area (Å²) in [6, 6.07) is 4.96. The van der Waals surface area contributed by atoms with E-state index in [0.717, 1.165) is 16.5 Å². The van der Waals surface area contributed by atoms with Gasteiger partial charge in [0.25, 0.3) is 0 Å². The molecule has 0 radical (unpaired) electrons. The molecule has 0 amide bonds. The highest BCUT2D eigenvalue weighted by molar-refractivity contribution is 9.10. The molecule has 2 atom stereocenters. The maximum absolute atomic E-state index is 13.0. The number of rotatable bonds is 5. The number of hydrogen-bond donors (Lipinski definition) is 2. The van der Waals surface area contributed by atoms with Crippen molar-refractivity contribution in [2.24, 2.45) is 17.7 Å². The van der Waals surface area contributed by atoms with E-state index in [9.17, 15) is 4.39 Å². The first-order valence-corrected chi connectivity index (χ1v) is 6.65. The second kappa shape index (κ2) is 6.47. The summed E-state index contributed by atoms with van der Waals surface area (Å²) in [6.45, 7) is 6.52. The van der Waals surface area contributed by atoms with E-state index >= 15 is 0 Å². The molecular weight excluding hydrogens is 283 g/mol. The van der Waals surface area contributed by atoms with Crippen molar-refractivity contribution in [2.45, 2.75) is 33.2 Å². The Bertz CT molecular complexity index is 368. The van der Waals surface area contributed by atoms with E-state index in [4.69, 9.17) is 5.84 Å². The van der Waals surface area contributed by atoms with Gasteiger partial charge in [0, 0.05) is 10.5 Å². The van der Waals surface area contributed by atoms with Gasteiger partial charge >= 0.3 is 0 Å². The zero-order valence-corrected chi connectivity index (χ0v) is 12.1. The van der Waals surface area contributed by atoms with Gasteiger partial charge in [-0.15, -0.1) is 0 Å². The third-order valence-corrected chi connectivity index (χ3v) is 4.09. The van der Waals surface area contributed by atoms with Gasteiger partial charge in [0.05, 0.1) is 0 Å². The van der Waals surface area contributed by atoms with Gasteiger partial charge < -0.3 is 0 Å². The van der Waals surface area contributed by atoms with Crippen molar-refractivity contribution >= 4 is 15.9 Å². The van der Waals surface area contributed by atoms with Gasteiger partial charge in [-0.2, -0.15) is 0 Å². The third kappa shape index (κ3) is 4.05. The quantitative estimate of drug-likeness (QED) is 0.647. The first-order chi connectivity index (χ1) is 7.95. The average Bonchev–Trinajstić information content (AvgIpc) is 2.27. The number of benzene rings is 1. The fourth-order valence-electron chi connectivity index (χ4n) is 1.79. The SMILES string of the molecule is CC(C)C(C)C(Cc1ccc(F)cc1Br)NN. The fourth-order valence-corrected chi connectivity index (χ4v) is 2.30. The molecule has 0 aliphatic carbocycles. The minimum atomic E-state index is -0.227. The topological polar surface area (TPSA) is 38.0 Å². The van der Waals surface area contributed by atoms with E-state index in [1.807, 2.05) is 0 Å². The molecular formula is C13H20BrFN2. The maximum atomic E-state index is 13.0. The van der Waals surface area contributed by atoms with E-state index in [1.165, 1.54) is 12.1 Å². The lowest BCUT2D eigenvalue weighted by Gasteiger charge is -2.26. The van der Waals surface area contributed by atoms with Crippen molar-refractivity contribution in [1.29, 1.82) is 0 Å². The van der Waals surface area contributed by atoms with Gasteiger partial charge in [-0.3, -0.25) is 11.3 Å². The lowest BCUT2D eigenvalue weighted by atomic mass is 9.87. The Morgan fingerprint density at radius 1 is 1.35 bits per heavy atom. The summed E-state index contributed by atoms with van der Waals surface area (Å²) in [7, 11) is 0. The van der Waals surface area contributed by atoms with E-state index in [2.05, 4.69) is 42.1 Å². The number of nitrogens with two attached hydrogens (primary N) is 1. The van der Waals surface area contributed by atoms with Crippen LogP contribution in [0.5, 0.6) is 0 Å². The predicted molar refractivity (Wildman–Crippen MR) is 72.9 cm³/mol. The highest BCUT2D eigenvalue weighted by Crippen LogP contribution is 2.23. The molecule has 1 rings (SSSR count). The molecule has 0 bridgehead atoms. The molecule has 2 unspecified atom stereocenters. The normalized spacial score (nSPS) is 15.0. The molecule has 0 aliphatic rings. The van der Waals surface area contributed by atoms with Crippen molar-refractivity contribution in [3.05, 3.63) is 34.1 Å². The Kier molecular flexibility index (Phi) is 5.56. The van der Waals surface area contributed by atoms with Crippen LogP contribution in [-0.2, 0) is 6.42 Å². The third-order valence-electron chi connectivity index (χ3n) is 3.36. The molecule has 17 heavy (non-hydrogen) atoms. The molecule has 0 saturated heterocycles. The van der Waals surface area contributed by atoms with Gasteiger partial charge in [-0.25, -0.2) is 4.39 Å². The van der Waals surface area contributed by atoms with Crippen molar-refractivity contribution < 1.29 is 4.39 Å². The summed E-state index contributed by atoms with van der Waals surface area (Å²) in [6.07, 6.45) is 0.788. The monoisotopic (exact) mass is 302 g/mol. The number of nitrogens with one attached hydrogen (secondary N) is 1. The van der Waals surface area contributed by atoms with Gasteiger partial charge in [0.2, 0.25) is 0 Å². The van der Waals surface area contributed by atoms with E-state index in [-0.39, 0.29) is 11.9 Å². The zero-order chi connectivity index (χ0) is 13.0. The Labute approximate surface area is 111 Å². The summed E-state index contributed by atoms with van der Waals surface area (Å²) in [5.74, 6) is 6.38. The molecule has 0 spiro atoms. The van der Waals surface area contributed by atoms with E-state index in [1.54, 1.807) is 6.07 Å². The summed E-state index contributed by atoms with van der Waals surface area (Å²) in [5, 5.41) is 0. The molecule has 2 nitrogen and oxygen atoms in total. The van der Waals surface area contributed by atoms with Crippen LogP contribution in [0, 0.1) is 17.7 Å². The second-order valence-corrected chi connectivity index (χ2v) is 5.67. The van der Waals surface area contributed by atoms with Crippen LogP contribution in [0.25, 0.3) is 0 Å². The minimum Gasteiger partial charge on any atom is -0.271 e. The summed E-state index contributed by atoms with van der Waals surface area (Å²) < 4.78 is 13.8. The molecule has 1 aromatic rings. The van der Waals surface area contributed by atoms with E-state index in [0.29, 0.717) is 11.8 Å². The Hall–Kier alpha value is -0.450. The van der Waals surface area contributed by atoms with E-state index < -0.39 is 0 Å². The minimum absolute atomic E-state index is 0.191. The van der Waals surface area contributed by atoms with Crippen molar-refractivity contribution in [3.63, 3.8) is 0 Å². The molecule has 0 fully saturated rings. The summed E-state index contributed by atoms with van der Waals surface area (Å²) in [5.41, 5.74) is 3.93. The van der Waals surface area contributed by atoms with Crippen LogP contribution >= 0.6 is 15.9 Å². The molecule has 3 N–H and O–H groups in total. The molecule has 0 saturated carbocycles. The fraction of sp³-hybridized carbons (Fsp3) is 0.538. The molecule has 4 heteroatoms. The highest BCUT2D eigenvalue weighted by atomic mass is 79.9. The smallest absolute Gasteiger partial charge is 0.124 e. The number of halogens is 2. The van der Waals surface area contributed by atoms with Crippen molar-refractivity contribution in [2.75, 3.05) is 0 Å². The van der Waals surface area contributed by atoms with Gasteiger partial charge in [0.1, 0.15) is 5.82 Å². The Morgan fingerprint density at radius 2 is 2.00 bits per heavy atom. The standard InChI is InChI=1S/C13H20BrFN2/c1-8(2)9(3)13(17-16)6-10-4-5-11(15)7-12(10)14/h4-5,7-9,13,17H,6,16H2,1-3H3. The molecule has 0 heterocycles. The molecule has 1 aromatic carbocycles.